The minimum Gasteiger partial charge on any atom is -0.367 e. The van der Waals surface area contributed by atoms with Crippen molar-refractivity contribution in [1.82, 2.24) is 25.3 Å². The van der Waals surface area contributed by atoms with Gasteiger partial charge >= 0.3 is 0 Å². The van der Waals surface area contributed by atoms with Crippen LogP contribution < -0.4 is 16.4 Å². The van der Waals surface area contributed by atoms with E-state index in [1.807, 2.05) is 36.4 Å². The third kappa shape index (κ3) is 4.28. The molecule has 152 valence electrons. The van der Waals surface area contributed by atoms with Gasteiger partial charge in [0.1, 0.15) is 5.52 Å². The molecule has 5 N–H and O–H groups in total. The topological polar surface area (TPSA) is 122 Å². The molecule has 30 heavy (non-hydrogen) atoms. The quantitative estimate of drug-likeness (QED) is 0.359. The number of carbonyl (C=O) groups is 1. The predicted molar refractivity (Wildman–Crippen MR) is 116 cm³/mol. The smallest absolute Gasteiger partial charge is 0.289 e. The van der Waals surface area contributed by atoms with Crippen LogP contribution in [0.4, 0.5) is 5.82 Å². The van der Waals surface area contributed by atoms with E-state index < -0.39 is 0 Å². The summed E-state index contributed by atoms with van der Waals surface area (Å²) in [6.07, 6.45) is 1.54. The van der Waals surface area contributed by atoms with Crippen LogP contribution in [0.1, 0.15) is 27.7 Å². The van der Waals surface area contributed by atoms with E-state index in [4.69, 9.17) is 5.73 Å². The van der Waals surface area contributed by atoms with E-state index in [0.29, 0.717) is 36.6 Å². The predicted octanol–water partition coefficient (Wildman–Crippen LogP) is 2.29. The summed E-state index contributed by atoms with van der Waals surface area (Å²) in [6, 6.07) is 20.6. The molecule has 0 unspecified atom stereocenters. The van der Waals surface area contributed by atoms with Crippen molar-refractivity contribution in [3.8, 4) is 0 Å². The Morgan fingerprint density at radius 2 is 1.67 bits per heavy atom. The molecule has 0 bridgehead atoms. The number of imidazole rings is 1. The van der Waals surface area contributed by atoms with Gasteiger partial charge in [0, 0.05) is 25.6 Å². The maximum Gasteiger partial charge on any atom is 0.289 e. The van der Waals surface area contributed by atoms with Gasteiger partial charge in [0.05, 0.1) is 6.33 Å². The van der Waals surface area contributed by atoms with Crippen LogP contribution in [0.2, 0.25) is 0 Å². The van der Waals surface area contributed by atoms with Crippen LogP contribution in [-0.4, -0.2) is 45.5 Å². The van der Waals surface area contributed by atoms with Gasteiger partial charge in [-0.15, -0.1) is 0 Å². The number of anilines is 1. The third-order valence-corrected chi connectivity index (χ3v) is 4.80. The first kappa shape index (κ1) is 19.5. The Morgan fingerprint density at radius 3 is 2.30 bits per heavy atom. The van der Waals surface area contributed by atoms with E-state index in [1.165, 1.54) is 17.5 Å². The molecule has 0 aliphatic heterocycles. The number of aromatic amines is 1. The summed E-state index contributed by atoms with van der Waals surface area (Å²) in [7, 11) is 0. The number of carbonyl (C=O) groups excluding carboxylic acids is 1. The lowest BCUT2D eigenvalue weighted by atomic mass is 9.91. The lowest BCUT2D eigenvalue weighted by Crippen LogP contribution is -2.30. The van der Waals surface area contributed by atoms with E-state index in [9.17, 15) is 4.79 Å². The SMILES string of the molecule is NCCNC(=O)c1nc(NCC(c2ccccc2)c2ccccc2)c2[nH]cnc2n1. The Labute approximate surface area is 174 Å². The first-order valence-electron chi connectivity index (χ1n) is 9.79. The van der Waals surface area contributed by atoms with E-state index >= 15 is 0 Å². The number of fused-ring (bicyclic) bond motifs is 1. The van der Waals surface area contributed by atoms with Gasteiger partial charge in [-0.3, -0.25) is 4.79 Å². The van der Waals surface area contributed by atoms with Gasteiger partial charge in [0.2, 0.25) is 5.82 Å². The van der Waals surface area contributed by atoms with Crippen molar-refractivity contribution in [3.63, 3.8) is 0 Å². The Bertz CT molecular complexity index is 1070. The molecule has 0 atom stereocenters. The van der Waals surface area contributed by atoms with Crippen molar-refractivity contribution in [2.45, 2.75) is 5.92 Å². The van der Waals surface area contributed by atoms with Gasteiger partial charge < -0.3 is 21.4 Å². The molecule has 8 nitrogen and oxygen atoms in total. The number of H-pyrrole nitrogens is 1. The van der Waals surface area contributed by atoms with Crippen LogP contribution in [0, 0.1) is 0 Å². The van der Waals surface area contributed by atoms with Gasteiger partial charge in [0.25, 0.3) is 5.91 Å². The number of nitrogens with two attached hydrogens (primary N) is 1. The fourth-order valence-corrected chi connectivity index (χ4v) is 3.33. The molecule has 0 radical (unpaired) electrons. The molecule has 0 saturated heterocycles. The number of nitrogens with one attached hydrogen (secondary N) is 3. The molecule has 1 amide bonds. The lowest BCUT2D eigenvalue weighted by Gasteiger charge is -2.19. The monoisotopic (exact) mass is 401 g/mol. The van der Waals surface area contributed by atoms with Gasteiger partial charge in [-0.2, -0.15) is 0 Å². The van der Waals surface area contributed by atoms with Crippen LogP contribution in [0.15, 0.2) is 67.0 Å². The Morgan fingerprint density at radius 1 is 1.00 bits per heavy atom. The summed E-state index contributed by atoms with van der Waals surface area (Å²) < 4.78 is 0. The summed E-state index contributed by atoms with van der Waals surface area (Å²) >= 11 is 0. The van der Waals surface area contributed by atoms with Crippen molar-refractivity contribution >= 4 is 22.9 Å². The largest absolute Gasteiger partial charge is 0.367 e. The molecule has 0 spiro atoms. The van der Waals surface area contributed by atoms with Crippen LogP contribution in [0.25, 0.3) is 11.2 Å². The summed E-state index contributed by atoms with van der Waals surface area (Å²) in [5.74, 6) is 0.319. The molecule has 4 aromatic rings. The third-order valence-electron chi connectivity index (χ3n) is 4.80. The Hall–Kier alpha value is -3.78. The molecule has 8 heteroatoms. The molecule has 0 aliphatic carbocycles. The Kier molecular flexibility index (Phi) is 5.95. The highest BCUT2D eigenvalue weighted by atomic mass is 16.2. The van der Waals surface area contributed by atoms with Crippen LogP contribution in [0.3, 0.4) is 0 Å². The minimum absolute atomic E-state index is 0.0570. The van der Waals surface area contributed by atoms with Gasteiger partial charge in [-0.1, -0.05) is 60.7 Å². The van der Waals surface area contributed by atoms with Crippen molar-refractivity contribution in [2.75, 3.05) is 25.0 Å². The average Bonchev–Trinajstić information content (AvgIpc) is 3.28. The van der Waals surface area contributed by atoms with Crippen molar-refractivity contribution < 1.29 is 4.79 Å². The molecule has 0 aliphatic rings. The van der Waals surface area contributed by atoms with Gasteiger partial charge in [-0.25, -0.2) is 15.0 Å². The second kappa shape index (κ2) is 9.15. The number of hydrogen-bond acceptors (Lipinski definition) is 6. The Balaban J connectivity index is 1.64. The fourth-order valence-electron chi connectivity index (χ4n) is 3.33. The van der Waals surface area contributed by atoms with Crippen molar-refractivity contribution in [2.24, 2.45) is 5.73 Å². The maximum absolute atomic E-state index is 12.3. The normalized spacial score (nSPS) is 11.0. The number of hydrogen-bond donors (Lipinski definition) is 4. The number of amides is 1. The van der Waals surface area contributed by atoms with E-state index in [0.717, 1.165) is 0 Å². The zero-order valence-corrected chi connectivity index (χ0v) is 16.4. The highest BCUT2D eigenvalue weighted by molar-refractivity contribution is 5.94. The van der Waals surface area contributed by atoms with Crippen molar-refractivity contribution in [1.29, 1.82) is 0 Å². The van der Waals surface area contributed by atoms with Gasteiger partial charge in [0.15, 0.2) is 11.5 Å². The van der Waals surface area contributed by atoms with E-state index in [1.54, 1.807) is 0 Å². The fraction of sp³-hybridized carbons (Fsp3) is 0.182. The molecular formula is C22H23N7O. The first-order valence-corrected chi connectivity index (χ1v) is 9.79. The van der Waals surface area contributed by atoms with Crippen molar-refractivity contribution in [3.05, 3.63) is 83.9 Å². The molecule has 0 fully saturated rings. The van der Waals surface area contributed by atoms with E-state index in [-0.39, 0.29) is 17.6 Å². The molecule has 0 saturated carbocycles. The zero-order chi connectivity index (χ0) is 20.8. The number of rotatable bonds is 8. The van der Waals surface area contributed by atoms with Crippen LogP contribution in [0.5, 0.6) is 0 Å². The summed E-state index contributed by atoms with van der Waals surface area (Å²) in [4.78, 5) is 28.3. The number of aromatic nitrogens is 4. The van der Waals surface area contributed by atoms with Crippen LogP contribution >= 0.6 is 0 Å². The molecular weight excluding hydrogens is 378 g/mol. The second-order valence-corrected chi connectivity index (χ2v) is 6.80. The minimum atomic E-state index is -0.379. The number of benzene rings is 2. The highest BCUT2D eigenvalue weighted by Gasteiger charge is 2.18. The molecule has 2 aromatic heterocycles. The molecule has 4 rings (SSSR count). The first-order chi connectivity index (χ1) is 14.8. The molecule has 2 heterocycles. The van der Waals surface area contributed by atoms with Crippen LogP contribution in [-0.2, 0) is 0 Å². The zero-order valence-electron chi connectivity index (χ0n) is 16.4. The maximum atomic E-state index is 12.3. The second-order valence-electron chi connectivity index (χ2n) is 6.80. The summed E-state index contributed by atoms with van der Waals surface area (Å²) in [5, 5.41) is 6.09. The summed E-state index contributed by atoms with van der Waals surface area (Å²) in [5.41, 5.74) is 8.93. The van der Waals surface area contributed by atoms with E-state index in [2.05, 4.69) is 54.8 Å². The number of nitrogens with zero attached hydrogens (tertiary/aromatic N) is 3. The average molecular weight is 401 g/mol. The molecule has 2 aromatic carbocycles. The standard InChI is InChI=1S/C22H23N7O/c23-11-12-24-22(30)21-28-19(18-20(29-21)27-14-26-18)25-13-17(15-7-3-1-4-8-15)16-9-5-2-6-10-16/h1-10,14,17H,11-13,23H2,(H,24,30)(H2,25,26,27,28,29). The lowest BCUT2D eigenvalue weighted by molar-refractivity contribution is 0.0945. The van der Waals surface area contributed by atoms with Gasteiger partial charge in [-0.05, 0) is 11.1 Å². The highest BCUT2D eigenvalue weighted by Crippen LogP contribution is 2.26. The summed E-state index contributed by atoms with van der Waals surface area (Å²) in [6.45, 7) is 1.29.